The van der Waals surface area contributed by atoms with E-state index in [0.29, 0.717) is 38.5 Å². The van der Waals surface area contributed by atoms with E-state index in [0.717, 1.165) is 24.0 Å². The van der Waals surface area contributed by atoms with Gasteiger partial charge in [0.1, 0.15) is 24.1 Å². The Morgan fingerprint density at radius 1 is 1.07 bits per heavy atom. The van der Waals surface area contributed by atoms with Crippen LogP contribution in [0.4, 0.5) is 0 Å². The van der Waals surface area contributed by atoms with Gasteiger partial charge in [0.2, 0.25) is 0 Å². The Hall–Kier alpha value is -2.24. The number of fused-ring (bicyclic) bond motifs is 1. The maximum absolute atomic E-state index is 14.1. The van der Waals surface area contributed by atoms with Crippen molar-refractivity contribution in [2.75, 3.05) is 6.61 Å². The SMILES string of the molecule is CCOC(=O)C1=C(C)N=c2s/c(=C/c3cc(I)c(OCc4ccc(I)cc4)c(I)c3)c(=O)n2[C@H]1c1ccccc1OC(C)C. The molecule has 0 amide bonds. The van der Waals surface area contributed by atoms with Crippen LogP contribution >= 0.6 is 79.1 Å². The summed E-state index contributed by atoms with van der Waals surface area (Å²) in [5.74, 6) is 0.903. The highest BCUT2D eigenvalue weighted by molar-refractivity contribution is 14.1. The summed E-state index contributed by atoms with van der Waals surface area (Å²) in [6, 6.07) is 19.0. The summed E-state index contributed by atoms with van der Waals surface area (Å²) in [7, 11) is 0. The molecule has 0 aliphatic carbocycles. The van der Waals surface area contributed by atoms with Gasteiger partial charge in [0.15, 0.2) is 4.80 Å². The van der Waals surface area contributed by atoms with E-state index in [1.54, 1.807) is 18.4 Å². The van der Waals surface area contributed by atoms with Gasteiger partial charge in [0, 0.05) is 9.13 Å². The van der Waals surface area contributed by atoms with Gasteiger partial charge in [0.05, 0.1) is 35.7 Å². The van der Waals surface area contributed by atoms with Gasteiger partial charge in [-0.3, -0.25) is 9.36 Å². The van der Waals surface area contributed by atoms with Crippen LogP contribution in [0.1, 0.15) is 50.4 Å². The number of carbonyl (C=O) groups is 1. The summed E-state index contributed by atoms with van der Waals surface area (Å²) in [6.45, 7) is 8.09. The van der Waals surface area contributed by atoms with Gasteiger partial charge in [-0.2, -0.15) is 0 Å². The van der Waals surface area contributed by atoms with Crippen molar-refractivity contribution in [2.45, 2.75) is 46.4 Å². The molecule has 0 N–H and O–H groups in total. The highest BCUT2D eigenvalue weighted by Crippen LogP contribution is 2.36. The highest BCUT2D eigenvalue weighted by Gasteiger charge is 2.35. The van der Waals surface area contributed by atoms with Crippen LogP contribution in [0.15, 0.2) is 81.7 Å². The number of thiazole rings is 1. The van der Waals surface area contributed by atoms with Crippen molar-refractivity contribution in [1.29, 1.82) is 0 Å². The Kier molecular flexibility index (Phi) is 10.9. The minimum absolute atomic E-state index is 0.100. The summed E-state index contributed by atoms with van der Waals surface area (Å²) < 4.78 is 22.9. The van der Waals surface area contributed by atoms with E-state index in [1.165, 1.54) is 14.9 Å². The third-order valence-electron chi connectivity index (χ3n) is 6.71. The van der Waals surface area contributed by atoms with Crippen LogP contribution < -0.4 is 24.4 Å². The fraction of sp³-hybridized carbons (Fsp3) is 0.242. The lowest BCUT2D eigenvalue weighted by Gasteiger charge is -2.26. The first kappa shape index (κ1) is 33.1. The van der Waals surface area contributed by atoms with Gasteiger partial charge in [-0.1, -0.05) is 41.7 Å². The van der Waals surface area contributed by atoms with Crippen molar-refractivity contribution in [3.05, 3.63) is 119 Å². The Morgan fingerprint density at radius 3 is 2.41 bits per heavy atom. The number of carbonyl (C=O) groups excluding carboxylic acids is 1. The Bertz CT molecular complexity index is 1910. The monoisotopic (exact) mass is 946 g/mol. The predicted molar refractivity (Wildman–Crippen MR) is 198 cm³/mol. The van der Waals surface area contributed by atoms with E-state index >= 15 is 0 Å². The molecule has 1 atom stereocenters. The lowest BCUT2D eigenvalue weighted by Crippen LogP contribution is -2.40. The number of aromatic nitrogens is 1. The number of ether oxygens (including phenoxy) is 3. The van der Waals surface area contributed by atoms with Gasteiger partial charge < -0.3 is 14.2 Å². The second-order valence-corrected chi connectivity index (χ2v) is 14.8. The van der Waals surface area contributed by atoms with E-state index in [2.05, 4.69) is 92.0 Å². The first-order valence-electron chi connectivity index (χ1n) is 13.9. The zero-order valence-corrected chi connectivity index (χ0v) is 31.7. The summed E-state index contributed by atoms with van der Waals surface area (Å²) in [5, 5.41) is 0. The number of allylic oxidation sites excluding steroid dienone is 1. The van der Waals surface area contributed by atoms with Crippen molar-refractivity contribution in [2.24, 2.45) is 4.99 Å². The average Bonchev–Trinajstić information content (AvgIpc) is 3.26. The van der Waals surface area contributed by atoms with Gasteiger partial charge in [0.25, 0.3) is 5.56 Å². The van der Waals surface area contributed by atoms with Crippen LogP contribution in [0.3, 0.4) is 0 Å². The average molecular weight is 946 g/mol. The van der Waals surface area contributed by atoms with Crippen LogP contribution in [0.2, 0.25) is 0 Å². The van der Waals surface area contributed by atoms with Crippen LogP contribution in [0, 0.1) is 10.7 Å². The number of hydrogen-bond donors (Lipinski definition) is 0. The zero-order chi connectivity index (χ0) is 31.5. The fourth-order valence-electron chi connectivity index (χ4n) is 4.84. The second-order valence-electron chi connectivity index (χ2n) is 10.2. The Balaban J connectivity index is 1.58. The highest BCUT2D eigenvalue weighted by atomic mass is 127. The summed E-state index contributed by atoms with van der Waals surface area (Å²) >= 11 is 8.12. The van der Waals surface area contributed by atoms with E-state index in [4.69, 9.17) is 19.2 Å². The molecular weight excluding hydrogens is 917 g/mol. The molecule has 1 aromatic heterocycles. The van der Waals surface area contributed by atoms with Crippen LogP contribution in [-0.4, -0.2) is 23.2 Å². The third-order valence-corrected chi connectivity index (χ3v) is 10.0. The molecule has 7 nitrogen and oxygen atoms in total. The molecule has 0 unspecified atom stereocenters. The Morgan fingerprint density at radius 2 is 1.75 bits per heavy atom. The molecule has 3 aromatic carbocycles. The molecule has 0 bridgehead atoms. The summed E-state index contributed by atoms with van der Waals surface area (Å²) in [5.41, 5.74) is 3.26. The number of hydrogen-bond acceptors (Lipinski definition) is 7. The molecule has 44 heavy (non-hydrogen) atoms. The molecule has 0 radical (unpaired) electrons. The predicted octanol–water partition coefficient (Wildman–Crippen LogP) is 6.98. The van der Waals surface area contributed by atoms with Crippen LogP contribution in [0.25, 0.3) is 6.08 Å². The minimum Gasteiger partial charge on any atom is -0.491 e. The van der Waals surface area contributed by atoms with Crippen molar-refractivity contribution in [1.82, 2.24) is 4.57 Å². The molecule has 5 rings (SSSR count). The van der Waals surface area contributed by atoms with Gasteiger partial charge >= 0.3 is 5.97 Å². The molecule has 0 saturated heterocycles. The largest absolute Gasteiger partial charge is 0.491 e. The normalized spacial score (nSPS) is 14.8. The summed E-state index contributed by atoms with van der Waals surface area (Å²) in [6.07, 6.45) is 1.77. The molecule has 0 fully saturated rings. The quantitative estimate of drug-likeness (QED) is 0.134. The first-order chi connectivity index (χ1) is 21.1. The fourth-order valence-corrected chi connectivity index (χ4v) is 8.38. The molecule has 1 aliphatic heterocycles. The standard InChI is InChI=1S/C33H29I3N2O5S/c1-5-41-32(40)28-19(4)37-33-38(29(28)23-8-6-7-9-26(23)43-18(2)3)31(39)27(44-33)16-21-14-24(35)30(25(36)15-21)42-17-20-10-12-22(34)13-11-20/h6-16,18,29H,5,17H2,1-4H3/b27-16+/t29-/m0/s1. The molecule has 11 heteroatoms. The van der Waals surface area contributed by atoms with Crippen LogP contribution in [-0.2, 0) is 16.1 Å². The molecule has 1 aliphatic rings. The smallest absolute Gasteiger partial charge is 0.338 e. The topological polar surface area (TPSA) is 79.1 Å². The minimum atomic E-state index is -0.750. The third kappa shape index (κ3) is 7.25. The van der Waals surface area contributed by atoms with E-state index in [1.807, 2.05) is 56.3 Å². The summed E-state index contributed by atoms with van der Waals surface area (Å²) in [4.78, 5) is 32.6. The van der Waals surface area contributed by atoms with E-state index in [-0.39, 0.29) is 18.3 Å². The second kappa shape index (κ2) is 14.5. The first-order valence-corrected chi connectivity index (χ1v) is 17.9. The van der Waals surface area contributed by atoms with E-state index in [9.17, 15) is 9.59 Å². The Labute approximate surface area is 300 Å². The number of nitrogens with zero attached hydrogens (tertiary/aromatic N) is 2. The molecular formula is C33H29I3N2O5S. The van der Waals surface area contributed by atoms with Gasteiger partial charge in [-0.05, 0) is 143 Å². The maximum Gasteiger partial charge on any atom is 0.338 e. The molecule has 4 aromatic rings. The maximum atomic E-state index is 14.1. The van der Waals surface area contributed by atoms with Crippen LogP contribution in [0.5, 0.6) is 11.5 Å². The number of esters is 1. The number of halogens is 3. The van der Waals surface area contributed by atoms with Gasteiger partial charge in [-0.25, -0.2) is 9.79 Å². The molecule has 0 spiro atoms. The van der Waals surface area contributed by atoms with Crippen molar-refractivity contribution >= 4 is 91.2 Å². The molecule has 2 heterocycles. The lowest BCUT2D eigenvalue weighted by atomic mass is 9.95. The van der Waals surface area contributed by atoms with Crippen molar-refractivity contribution < 1.29 is 19.0 Å². The number of rotatable bonds is 9. The van der Waals surface area contributed by atoms with Crippen molar-refractivity contribution in [3.8, 4) is 11.5 Å². The number of para-hydroxylation sites is 1. The molecule has 228 valence electrons. The zero-order valence-electron chi connectivity index (χ0n) is 24.4. The lowest BCUT2D eigenvalue weighted by molar-refractivity contribution is -0.139. The molecule has 0 saturated carbocycles. The van der Waals surface area contributed by atoms with Gasteiger partial charge in [-0.15, -0.1) is 0 Å². The van der Waals surface area contributed by atoms with Crippen molar-refractivity contribution in [3.63, 3.8) is 0 Å². The number of benzene rings is 3. The van der Waals surface area contributed by atoms with E-state index < -0.39 is 12.0 Å².